The SMILES string of the molecule is Cc1cc(N)cc(S(=O)(=O)N2CCC(C)(O)CC2)c1F. The largest absolute Gasteiger partial charge is 0.399 e. The van der Waals surface area contributed by atoms with Gasteiger partial charge in [-0.1, -0.05) is 0 Å². The molecule has 5 nitrogen and oxygen atoms in total. The minimum atomic E-state index is -3.92. The molecule has 1 heterocycles. The number of hydrogen-bond donors (Lipinski definition) is 2. The summed E-state index contributed by atoms with van der Waals surface area (Å²) in [4.78, 5) is -0.392. The Labute approximate surface area is 118 Å². The van der Waals surface area contributed by atoms with Gasteiger partial charge in [0.05, 0.1) is 5.60 Å². The first-order valence-electron chi connectivity index (χ1n) is 6.42. The van der Waals surface area contributed by atoms with Gasteiger partial charge in [-0.25, -0.2) is 12.8 Å². The van der Waals surface area contributed by atoms with Crippen LogP contribution in [-0.2, 0) is 10.0 Å². The van der Waals surface area contributed by atoms with E-state index in [1.807, 2.05) is 0 Å². The molecule has 1 aromatic rings. The van der Waals surface area contributed by atoms with Crippen LogP contribution in [-0.4, -0.2) is 36.5 Å². The van der Waals surface area contributed by atoms with E-state index in [2.05, 4.69) is 0 Å². The number of hydrogen-bond acceptors (Lipinski definition) is 4. The number of halogens is 1. The molecule has 0 unspecified atom stereocenters. The van der Waals surface area contributed by atoms with Gasteiger partial charge in [-0.3, -0.25) is 0 Å². The molecule has 0 spiro atoms. The maximum Gasteiger partial charge on any atom is 0.246 e. The van der Waals surface area contributed by atoms with Gasteiger partial charge in [0.15, 0.2) is 0 Å². The van der Waals surface area contributed by atoms with Gasteiger partial charge < -0.3 is 10.8 Å². The van der Waals surface area contributed by atoms with E-state index < -0.39 is 26.3 Å². The molecule has 7 heteroatoms. The van der Waals surface area contributed by atoms with Crippen LogP contribution < -0.4 is 5.73 Å². The summed E-state index contributed by atoms with van der Waals surface area (Å²) in [5.74, 6) is -0.767. The van der Waals surface area contributed by atoms with Crippen LogP contribution in [0.3, 0.4) is 0 Å². The molecule has 3 N–H and O–H groups in total. The van der Waals surface area contributed by atoms with Crippen molar-refractivity contribution in [3.63, 3.8) is 0 Å². The van der Waals surface area contributed by atoms with Gasteiger partial charge in [-0.05, 0) is 44.4 Å². The highest BCUT2D eigenvalue weighted by Gasteiger charge is 2.35. The topological polar surface area (TPSA) is 83.6 Å². The van der Waals surface area contributed by atoms with Crippen molar-refractivity contribution >= 4 is 15.7 Å². The average Bonchev–Trinajstić information content (AvgIpc) is 2.33. The Kier molecular flexibility index (Phi) is 3.79. The van der Waals surface area contributed by atoms with E-state index in [-0.39, 0.29) is 24.3 Å². The Morgan fingerprint density at radius 2 is 1.90 bits per heavy atom. The van der Waals surface area contributed by atoms with Gasteiger partial charge in [-0.15, -0.1) is 0 Å². The number of benzene rings is 1. The molecule has 0 bridgehead atoms. The van der Waals surface area contributed by atoms with E-state index >= 15 is 0 Å². The van der Waals surface area contributed by atoms with Crippen molar-refractivity contribution in [3.8, 4) is 0 Å². The molecular weight excluding hydrogens is 283 g/mol. The van der Waals surface area contributed by atoms with Crippen LogP contribution in [0, 0.1) is 12.7 Å². The molecule has 112 valence electrons. The zero-order valence-corrected chi connectivity index (χ0v) is 12.4. The van der Waals surface area contributed by atoms with Crippen LogP contribution in [0.2, 0.25) is 0 Å². The molecule has 0 atom stereocenters. The van der Waals surface area contributed by atoms with Crippen molar-refractivity contribution < 1.29 is 17.9 Å². The maximum absolute atomic E-state index is 14.1. The summed E-state index contributed by atoms with van der Waals surface area (Å²) in [6, 6.07) is 2.54. The standard InChI is InChI=1S/C13H19FN2O3S/c1-9-7-10(15)8-11(12(9)14)20(18,19)16-5-3-13(2,17)4-6-16/h7-8,17H,3-6,15H2,1-2H3. The normalized spacial score (nSPS) is 20.0. The Bertz CT molecular complexity index is 619. The first kappa shape index (κ1) is 15.2. The van der Waals surface area contributed by atoms with Gasteiger partial charge in [0.1, 0.15) is 10.7 Å². The number of rotatable bonds is 2. The maximum atomic E-state index is 14.1. The summed E-state index contributed by atoms with van der Waals surface area (Å²) < 4.78 is 40.2. The second-order valence-corrected chi connectivity index (χ2v) is 7.46. The number of aliphatic hydroxyl groups is 1. The number of piperidine rings is 1. The van der Waals surface area contributed by atoms with Crippen LogP contribution in [0.5, 0.6) is 0 Å². The molecule has 0 aromatic heterocycles. The molecule has 1 saturated heterocycles. The lowest BCUT2D eigenvalue weighted by Gasteiger charge is -2.35. The number of nitrogens with zero attached hydrogens (tertiary/aromatic N) is 1. The summed E-state index contributed by atoms with van der Waals surface area (Å²) in [7, 11) is -3.92. The lowest BCUT2D eigenvalue weighted by atomic mass is 9.95. The van der Waals surface area contributed by atoms with E-state index in [1.165, 1.54) is 17.3 Å². The summed E-state index contributed by atoms with van der Waals surface area (Å²) in [5.41, 5.74) is 5.16. The third-order valence-electron chi connectivity index (χ3n) is 3.66. The lowest BCUT2D eigenvalue weighted by Crippen LogP contribution is -2.45. The molecule has 1 aromatic carbocycles. The van der Waals surface area contributed by atoms with Crippen LogP contribution in [0.4, 0.5) is 10.1 Å². The predicted molar refractivity (Wildman–Crippen MR) is 74.2 cm³/mol. The first-order chi connectivity index (χ1) is 9.13. The van der Waals surface area contributed by atoms with Crippen molar-refractivity contribution in [2.75, 3.05) is 18.8 Å². The lowest BCUT2D eigenvalue weighted by molar-refractivity contribution is 0.0126. The van der Waals surface area contributed by atoms with Crippen molar-refractivity contribution in [1.82, 2.24) is 4.31 Å². The predicted octanol–water partition coefficient (Wildman–Crippen LogP) is 1.25. The molecule has 1 fully saturated rings. The van der Waals surface area contributed by atoms with Crippen molar-refractivity contribution in [1.29, 1.82) is 0 Å². The smallest absolute Gasteiger partial charge is 0.246 e. The number of nitrogen functional groups attached to an aromatic ring is 1. The van der Waals surface area contributed by atoms with Crippen molar-refractivity contribution in [2.45, 2.75) is 37.2 Å². The third-order valence-corrected chi connectivity index (χ3v) is 5.56. The number of aryl methyl sites for hydroxylation is 1. The fourth-order valence-electron chi connectivity index (χ4n) is 2.30. The molecule has 2 rings (SSSR count). The Balaban J connectivity index is 2.37. The summed E-state index contributed by atoms with van der Waals surface area (Å²) in [5, 5.41) is 9.86. The van der Waals surface area contributed by atoms with Gasteiger partial charge in [0.2, 0.25) is 10.0 Å². The summed E-state index contributed by atoms with van der Waals surface area (Å²) >= 11 is 0. The zero-order valence-electron chi connectivity index (χ0n) is 11.6. The van der Waals surface area contributed by atoms with Crippen molar-refractivity contribution in [2.24, 2.45) is 0 Å². The van der Waals surface area contributed by atoms with Gasteiger partial charge >= 0.3 is 0 Å². The van der Waals surface area contributed by atoms with Crippen LogP contribution in [0.15, 0.2) is 17.0 Å². The van der Waals surface area contributed by atoms with Crippen LogP contribution in [0.1, 0.15) is 25.3 Å². The summed E-state index contributed by atoms with van der Waals surface area (Å²) in [6.07, 6.45) is 0.657. The minimum absolute atomic E-state index is 0.169. The summed E-state index contributed by atoms with van der Waals surface area (Å²) in [6.45, 7) is 3.49. The molecule has 1 aliphatic heterocycles. The van der Waals surface area contributed by atoms with Crippen molar-refractivity contribution in [3.05, 3.63) is 23.5 Å². The average molecular weight is 302 g/mol. The number of anilines is 1. The molecule has 0 radical (unpaired) electrons. The molecule has 0 aliphatic carbocycles. The first-order valence-corrected chi connectivity index (χ1v) is 7.86. The van der Waals surface area contributed by atoms with Crippen LogP contribution in [0.25, 0.3) is 0 Å². The highest BCUT2D eigenvalue weighted by atomic mass is 32.2. The zero-order chi connectivity index (χ0) is 15.1. The monoisotopic (exact) mass is 302 g/mol. The van der Waals surface area contributed by atoms with Gasteiger partial charge in [0.25, 0.3) is 0 Å². The van der Waals surface area contributed by atoms with E-state index in [4.69, 9.17) is 5.73 Å². The molecular formula is C13H19FN2O3S. The molecule has 0 saturated carbocycles. The van der Waals surface area contributed by atoms with Gasteiger partial charge in [0, 0.05) is 18.8 Å². The number of sulfonamides is 1. The fourth-order valence-corrected chi connectivity index (χ4v) is 3.91. The van der Waals surface area contributed by atoms with Gasteiger partial charge in [-0.2, -0.15) is 4.31 Å². The second kappa shape index (κ2) is 4.98. The van der Waals surface area contributed by atoms with Crippen LogP contribution >= 0.6 is 0 Å². The number of nitrogens with two attached hydrogens (primary N) is 1. The molecule has 0 amide bonds. The Hall–Kier alpha value is -1.18. The fraction of sp³-hybridized carbons (Fsp3) is 0.538. The van der Waals surface area contributed by atoms with E-state index in [0.29, 0.717) is 12.8 Å². The Morgan fingerprint density at radius 1 is 1.35 bits per heavy atom. The van der Waals surface area contributed by atoms with E-state index in [9.17, 15) is 17.9 Å². The second-order valence-electron chi connectivity index (χ2n) is 5.55. The van der Waals surface area contributed by atoms with E-state index in [1.54, 1.807) is 6.92 Å². The molecule has 1 aliphatic rings. The third kappa shape index (κ3) is 2.79. The molecule has 20 heavy (non-hydrogen) atoms. The highest BCUT2D eigenvalue weighted by Crippen LogP contribution is 2.29. The quantitative estimate of drug-likeness (QED) is 0.805. The minimum Gasteiger partial charge on any atom is -0.399 e. The van der Waals surface area contributed by atoms with E-state index in [0.717, 1.165) is 6.07 Å². The highest BCUT2D eigenvalue weighted by molar-refractivity contribution is 7.89. The Morgan fingerprint density at radius 3 is 2.45 bits per heavy atom.